The van der Waals surface area contributed by atoms with Gasteiger partial charge in [-0.05, 0) is 6.42 Å². The zero-order valence-corrected chi connectivity index (χ0v) is 8.98. The molecule has 1 heterocycles. The summed E-state index contributed by atoms with van der Waals surface area (Å²) in [6.07, 6.45) is 1.96. The number of ether oxygens (including phenoxy) is 1. The Morgan fingerprint density at radius 2 is 2.46 bits per heavy atom. The number of morpholine rings is 1. The number of hydrogen-bond acceptors (Lipinski definition) is 3. The van der Waals surface area contributed by atoms with Gasteiger partial charge in [-0.15, -0.1) is 0 Å². The fraction of sp³-hybridized carbons (Fsp3) is 0.889. The smallest absolute Gasteiger partial charge is 0.0740 e. The van der Waals surface area contributed by atoms with Gasteiger partial charge in [0.05, 0.1) is 18.2 Å². The summed E-state index contributed by atoms with van der Waals surface area (Å²) >= 11 is 4.86. The standard InChI is InChI=1S/C9H18N2OS/c1-2-8-7-12-6-5-11(8)4-3-9(10)13/h8H,2-7H2,1H3,(H2,10,13). The Balaban J connectivity index is 2.31. The second-order valence-electron chi connectivity index (χ2n) is 3.39. The van der Waals surface area contributed by atoms with Crippen LogP contribution >= 0.6 is 12.2 Å². The highest BCUT2D eigenvalue weighted by Crippen LogP contribution is 2.10. The van der Waals surface area contributed by atoms with Gasteiger partial charge in [0.1, 0.15) is 0 Å². The maximum absolute atomic E-state index is 5.47. The summed E-state index contributed by atoms with van der Waals surface area (Å²) in [6.45, 7) is 5.88. The third kappa shape index (κ3) is 3.58. The Kier molecular flexibility index (Phi) is 4.62. The van der Waals surface area contributed by atoms with E-state index in [2.05, 4.69) is 11.8 Å². The Hall–Kier alpha value is -0.190. The van der Waals surface area contributed by atoms with Crippen molar-refractivity contribution < 1.29 is 4.74 Å². The molecule has 2 N–H and O–H groups in total. The molecule has 1 fully saturated rings. The number of thiocarbonyl (C=S) groups is 1. The summed E-state index contributed by atoms with van der Waals surface area (Å²) in [5, 5.41) is 0. The van der Waals surface area contributed by atoms with Crippen LogP contribution in [0.15, 0.2) is 0 Å². The molecule has 4 heteroatoms. The van der Waals surface area contributed by atoms with Gasteiger partial charge >= 0.3 is 0 Å². The van der Waals surface area contributed by atoms with Crippen molar-refractivity contribution in [3.63, 3.8) is 0 Å². The first-order chi connectivity index (χ1) is 6.24. The molecule has 0 aliphatic carbocycles. The molecule has 0 amide bonds. The quantitative estimate of drug-likeness (QED) is 0.684. The van der Waals surface area contributed by atoms with E-state index in [1.807, 2.05) is 0 Å². The van der Waals surface area contributed by atoms with Crippen LogP contribution in [0, 0.1) is 0 Å². The molecule has 0 aromatic heterocycles. The van der Waals surface area contributed by atoms with E-state index in [0.29, 0.717) is 11.0 Å². The van der Waals surface area contributed by atoms with E-state index in [0.717, 1.165) is 39.1 Å². The van der Waals surface area contributed by atoms with E-state index in [4.69, 9.17) is 22.7 Å². The van der Waals surface area contributed by atoms with E-state index in [1.165, 1.54) is 0 Å². The van der Waals surface area contributed by atoms with Crippen LogP contribution < -0.4 is 5.73 Å². The van der Waals surface area contributed by atoms with Crippen LogP contribution in [0.4, 0.5) is 0 Å². The predicted octanol–water partition coefficient (Wildman–Crippen LogP) is 0.773. The SMILES string of the molecule is CCC1COCCN1CCC(N)=S. The van der Waals surface area contributed by atoms with Crippen molar-refractivity contribution in [2.45, 2.75) is 25.8 Å². The van der Waals surface area contributed by atoms with E-state index in [9.17, 15) is 0 Å². The number of rotatable bonds is 4. The van der Waals surface area contributed by atoms with Crippen LogP contribution in [0.5, 0.6) is 0 Å². The van der Waals surface area contributed by atoms with E-state index < -0.39 is 0 Å². The van der Waals surface area contributed by atoms with Crippen molar-refractivity contribution in [3.8, 4) is 0 Å². The number of nitrogens with zero attached hydrogens (tertiary/aromatic N) is 1. The van der Waals surface area contributed by atoms with Gasteiger partial charge in [-0.2, -0.15) is 0 Å². The second-order valence-corrected chi connectivity index (χ2v) is 3.91. The summed E-state index contributed by atoms with van der Waals surface area (Å²) < 4.78 is 5.40. The molecule has 0 aromatic rings. The van der Waals surface area contributed by atoms with Gasteiger partial charge < -0.3 is 10.5 Å². The first-order valence-corrected chi connectivity index (χ1v) is 5.25. The molecule has 76 valence electrons. The number of hydrogen-bond donors (Lipinski definition) is 1. The van der Waals surface area contributed by atoms with Crippen molar-refractivity contribution in [2.24, 2.45) is 5.73 Å². The van der Waals surface area contributed by atoms with Crippen LogP contribution in [0.2, 0.25) is 0 Å². The third-order valence-electron chi connectivity index (χ3n) is 2.47. The van der Waals surface area contributed by atoms with E-state index in [1.54, 1.807) is 0 Å². The lowest BCUT2D eigenvalue weighted by atomic mass is 10.1. The molecule has 1 unspecified atom stereocenters. The first-order valence-electron chi connectivity index (χ1n) is 4.84. The van der Waals surface area contributed by atoms with Crippen LogP contribution in [0.3, 0.4) is 0 Å². The third-order valence-corrected chi connectivity index (χ3v) is 2.67. The van der Waals surface area contributed by atoms with Gasteiger partial charge in [0.25, 0.3) is 0 Å². The monoisotopic (exact) mass is 202 g/mol. The summed E-state index contributed by atoms with van der Waals surface area (Å²) in [5.41, 5.74) is 5.47. The van der Waals surface area contributed by atoms with Crippen molar-refractivity contribution in [2.75, 3.05) is 26.3 Å². The first kappa shape index (κ1) is 10.9. The summed E-state index contributed by atoms with van der Waals surface area (Å²) in [6, 6.07) is 0.558. The molecule has 0 saturated carbocycles. The van der Waals surface area contributed by atoms with Crippen molar-refractivity contribution >= 4 is 17.2 Å². The van der Waals surface area contributed by atoms with Crippen LogP contribution in [0.25, 0.3) is 0 Å². The fourth-order valence-corrected chi connectivity index (χ4v) is 1.70. The van der Waals surface area contributed by atoms with Gasteiger partial charge in [0.15, 0.2) is 0 Å². The topological polar surface area (TPSA) is 38.5 Å². The molecule has 13 heavy (non-hydrogen) atoms. The Labute approximate surface area is 85.2 Å². The van der Waals surface area contributed by atoms with Gasteiger partial charge in [0.2, 0.25) is 0 Å². The molecule has 1 aliphatic heterocycles. The van der Waals surface area contributed by atoms with Gasteiger partial charge in [-0.3, -0.25) is 4.90 Å². The Morgan fingerprint density at radius 1 is 1.69 bits per heavy atom. The molecule has 0 spiro atoms. The van der Waals surface area contributed by atoms with Crippen molar-refractivity contribution in [3.05, 3.63) is 0 Å². The summed E-state index contributed by atoms with van der Waals surface area (Å²) in [7, 11) is 0. The van der Waals surface area contributed by atoms with E-state index >= 15 is 0 Å². The van der Waals surface area contributed by atoms with Crippen LogP contribution in [-0.4, -0.2) is 42.2 Å². The molecule has 1 atom stereocenters. The molecule has 0 aromatic carbocycles. The van der Waals surface area contributed by atoms with Crippen LogP contribution in [-0.2, 0) is 4.74 Å². The molecule has 0 bridgehead atoms. The highest BCUT2D eigenvalue weighted by atomic mass is 32.1. The summed E-state index contributed by atoms with van der Waals surface area (Å²) in [4.78, 5) is 3.03. The normalized spacial score (nSPS) is 24.5. The molecule has 1 rings (SSSR count). The second kappa shape index (κ2) is 5.52. The molecular weight excluding hydrogens is 184 g/mol. The molecule has 0 radical (unpaired) electrons. The molecular formula is C9H18N2OS. The maximum Gasteiger partial charge on any atom is 0.0740 e. The minimum Gasteiger partial charge on any atom is -0.393 e. The van der Waals surface area contributed by atoms with Crippen molar-refractivity contribution in [1.82, 2.24) is 4.90 Å². The highest BCUT2D eigenvalue weighted by Gasteiger charge is 2.20. The Bertz CT molecular complexity index is 175. The van der Waals surface area contributed by atoms with Gasteiger partial charge in [0, 0.05) is 25.6 Å². The minimum atomic E-state index is 0.558. The lowest BCUT2D eigenvalue weighted by molar-refractivity contribution is -0.00713. The lowest BCUT2D eigenvalue weighted by Crippen LogP contribution is -2.46. The largest absolute Gasteiger partial charge is 0.393 e. The van der Waals surface area contributed by atoms with E-state index in [-0.39, 0.29) is 0 Å². The molecule has 3 nitrogen and oxygen atoms in total. The Morgan fingerprint density at radius 3 is 3.08 bits per heavy atom. The lowest BCUT2D eigenvalue weighted by Gasteiger charge is -2.34. The average molecular weight is 202 g/mol. The maximum atomic E-state index is 5.47. The molecule has 1 aliphatic rings. The van der Waals surface area contributed by atoms with Gasteiger partial charge in [-0.1, -0.05) is 19.1 Å². The molecule has 1 saturated heterocycles. The predicted molar refractivity (Wildman–Crippen MR) is 57.9 cm³/mol. The zero-order valence-electron chi connectivity index (χ0n) is 8.16. The zero-order chi connectivity index (χ0) is 9.68. The summed E-state index contributed by atoms with van der Waals surface area (Å²) in [5.74, 6) is 0. The minimum absolute atomic E-state index is 0.558. The fourth-order valence-electron chi connectivity index (χ4n) is 1.61. The highest BCUT2D eigenvalue weighted by molar-refractivity contribution is 7.80. The van der Waals surface area contributed by atoms with Crippen molar-refractivity contribution in [1.29, 1.82) is 0 Å². The number of nitrogens with two attached hydrogens (primary N) is 1. The van der Waals surface area contributed by atoms with Crippen LogP contribution in [0.1, 0.15) is 19.8 Å². The average Bonchev–Trinajstić information content (AvgIpc) is 2.15. The van der Waals surface area contributed by atoms with Gasteiger partial charge in [-0.25, -0.2) is 0 Å².